The third-order valence-corrected chi connectivity index (χ3v) is 2.39. The van der Waals surface area contributed by atoms with Crippen molar-refractivity contribution >= 4 is 0 Å². The van der Waals surface area contributed by atoms with Gasteiger partial charge in [0.05, 0.1) is 13.2 Å². The van der Waals surface area contributed by atoms with E-state index in [1.54, 1.807) is 6.07 Å². The van der Waals surface area contributed by atoms with Crippen LogP contribution in [0.4, 0.5) is 0 Å². The molecule has 0 saturated carbocycles. The van der Waals surface area contributed by atoms with E-state index in [9.17, 15) is 0 Å². The van der Waals surface area contributed by atoms with Crippen molar-refractivity contribution in [1.82, 2.24) is 5.16 Å². The van der Waals surface area contributed by atoms with E-state index in [1.807, 2.05) is 30.3 Å². The van der Waals surface area contributed by atoms with Crippen LogP contribution in [-0.2, 0) is 6.42 Å². The van der Waals surface area contributed by atoms with Gasteiger partial charge >= 0.3 is 5.95 Å². The van der Waals surface area contributed by atoms with E-state index in [2.05, 4.69) is 5.16 Å². The van der Waals surface area contributed by atoms with Crippen LogP contribution in [0.15, 0.2) is 40.9 Å². The van der Waals surface area contributed by atoms with Gasteiger partial charge < -0.3 is 15.0 Å². The van der Waals surface area contributed by atoms with Crippen LogP contribution in [0.5, 0.6) is 5.95 Å². The Bertz CT molecular complexity index is 439. The molecule has 2 N–H and O–H groups in total. The predicted octanol–water partition coefficient (Wildman–Crippen LogP) is 1.93. The van der Waals surface area contributed by atoms with Crippen molar-refractivity contribution in [1.29, 1.82) is 0 Å². The normalized spacial score (nSPS) is 12.4. The van der Waals surface area contributed by atoms with E-state index < -0.39 is 0 Å². The van der Waals surface area contributed by atoms with Gasteiger partial charge in [-0.2, -0.15) is 0 Å². The summed E-state index contributed by atoms with van der Waals surface area (Å²) in [7, 11) is 1.53. The van der Waals surface area contributed by atoms with Gasteiger partial charge in [-0.3, -0.25) is 0 Å². The molecule has 4 nitrogen and oxygen atoms in total. The molecule has 4 heteroatoms. The van der Waals surface area contributed by atoms with Gasteiger partial charge in [0.1, 0.15) is 5.69 Å². The van der Waals surface area contributed by atoms with Crippen LogP contribution in [0.2, 0.25) is 0 Å². The predicted molar refractivity (Wildman–Crippen MR) is 60.1 cm³/mol. The molecule has 1 atom stereocenters. The lowest BCUT2D eigenvalue weighted by Gasteiger charge is -2.07. The molecule has 84 valence electrons. The summed E-state index contributed by atoms with van der Waals surface area (Å²) in [5, 5.41) is 3.86. The SMILES string of the molecule is COc1cc(C(N)Cc2ccccc2)no1. The minimum Gasteiger partial charge on any atom is -0.467 e. The molecule has 0 aliphatic carbocycles. The Morgan fingerprint density at radius 3 is 2.75 bits per heavy atom. The molecule has 1 aromatic carbocycles. The number of hydrogen-bond acceptors (Lipinski definition) is 4. The largest absolute Gasteiger partial charge is 0.467 e. The van der Waals surface area contributed by atoms with Gasteiger partial charge in [-0.15, -0.1) is 0 Å². The first-order chi connectivity index (χ1) is 7.79. The number of aromatic nitrogens is 1. The first-order valence-corrected chi connectivity index (χ1v) is 5.09. The minimum atomic E-state index is -0.171. The molecule has 0 spiro atoms. The average molecular weight is 218 g/mol. The van der Waals surface area contributed by atoms with E-state index in [-0.39, 0.29) is 6.04 Å². The Balaban J connectivity index is 2.05. The van der Waals surface area contributed by atoms with Crippen LogP contribution in [-0.4, -0.2) is 12.3 Å². The number of nitrogens with zero attached hydrogens (tertiary/aromatic N) is 1. The van der Waals surface area contributed by atoms with E-state index in [1.165, 1.54) is 12.7 Å². The number of hydrogen-bond donors (Lipinski definition) is 1. The average Bonchev–Trinajstić information content (AvgIpc) is 2.79. The Morgan fingerprint density at radius 2 is 2.12 bits per heavy atom. The van der Waals surface area contributed by atoms with Gasteiger partial charge in [-0.1, -0.05) is 35.5 Å². The molecule has 0 amide bonds. The standard InChI is InChI=1S/C12H14N2O2/c1-15-12-8-11(14-16-12)10(13)7-9-5-3-2-4-6-9/h2-6,8,10H,7,13H2,1H3. The summed E-state index contributed by atoms with van der Waals surface area (Å²) in [6.07, 6.45) is 0.733. The zero-order valence-corrected chi connectivity index (χ0v) is 9.09. The first kappa shape index (κ1) is 10.7. The third kappa shape index (κ3) is 2.41. The molecule has 1 unspecified atom stereocenters. The summed E-state index contributed by atoms with van der Waals surface area (Å²) in [6, 6.07) is 11.6. The van der Waals surface area contributed by atoms with Gasteiger partial charge in [0, 0.05) is 6.07 Å². The lowest BCUT2D eigenvalue weighted by atomic mass is 10.0. The smallest absolute Gasteiger partial charge is 0.311 e. The maximum absolute atomic E-state index is 6.02. The minimum absolute atomic E-state index is 0.171. The highest BCUT2D eigenvalue weighted by molar-refractivity contribution is 5.20. The van der Waals surface area contributed by atoms with Gasteiger partial charge in [0.25, 0.3) is 0 Å². The Kier molecular flexibility index (Phi) is 3.22. The third-order valence-electron chi connectivity index (χ3n) is 2.39. The highest BCUT2D eigenvalue weighted by Crippen LogP contribution is 2.19. The van der Waals surface area contributed by atoms with Gasteiger partial charge in [-0.25, -0.2) is 0 Å². The molecule has 0 aliphatic rings. The zero-order chi connectivity index (χ0) is 11.4. The monoisotopic (exact) mass is 218 g/mol. The molecule has 0 aliphatic heterocycles. The maximum atomic E-state index is 6.02. The van der Waals surface area contributed by atoms with Gasteiger partial charge in [0.2, 0.25) is 0 Å². The molecule has 0 saturated heterocycles. The lowest BCUT2D eigenvalue weighted by Crippen LogP contribution is -2.13. The molecule has 2 aromatic rings. The van der Waals surface area contributed by atoms with Crippen molar-refractivity contribution in [3.63, 3.8) is 0 Å². The number of methoxy groups -OCH3 is 1. The molecule has 2 rings (SSSR count). The van der Waals surface area contributed by atoms with Crippen LogP contribution in [0.1, 0.15) is 17.3 Å². The molecular weight excluding hydrogens is 204 g/mol. The fourth-order valence-corrected chi connectivity index (χ4v) is 1.51. The number of nitrogens with two attached hydrogens (primary N) is 1. The molecule has 1 aromatic heterocycles. The number of ether oxygens (including phenoxy) is 1. The van der Waals surface area contributed by atoms with Crippen LogP contribution >= 0.6 is 0 Å². The second kappa shape index (κ2) is 4.81. The summed E-state index contributed by atoms with van der Waals surface area (Å²) in [4.78, 5) is 0. The first-order valence-electron chi connectivity index (χ1n) is 5.09. The summed E-state index contributed by atoms with van der Waals surface area (Å²) in [5.74, 6) is 0.388. The van der Waals surface area contributed by atoms with Crippen LogP contribution in [0, 0.1) is 0 Å². The van der Waals surface area contributed by atoms with Crippen molar-refractivity contribution in [2.75, 3.05) is 7.11 Å². The highest BCUT2D eigenvalue weighted by Gasteiger charge is 2.12. The summed E-state index contributed by atoms with van der Waals surface area (Å²) in [5.41, 5.74) is 7.90. The molecule has 16 heavy (non-hydrogen) atoms. The summed E-state index contributed by atoms with van der Waals surface area (Å²) < 4.78 is 9.83. The number of rotatable bonds is 4. The second-order valence-electron chi connectivity index (χ2n) is 3.57. The quantitative estimate of drug-likeness (QED) is 0.851. The van der Waals surface area contributed by atoms with Gasteiger partial charge in [0.15, 0.2) is 0 Å². The fraction of sp³-hybridized carbons (Fsp3) is 0.250. The van der Waals surface area contributed by atoms with Gasteiger partial charge in [-0.05, 0) is 12.0 Å². The summed E-state index contributed by atoms with van der Waals surface area (Å²) >= 11 is 0. The lowest BCUT2D eigenvalue weighted by molar-refractivity contribution is 0.258. The number of benzene rings is 1. The van der Waals surface area contributed by atoms with Crippen molar-refractivity contribution in [3.05, 3.63) is 47.7 Å². The van der Waals surface area contributed by atoms with E-state index in [4.69, 9.17) is 15.0 Å². The van der Waals surface area contributed by atoms with Crippen molar-refractivity contribution in [2.45, 2.75) is 12.5 Å². The fourth-order valence-electron chi connectivity index (χ4n) is 1.51. The zero-order valence-electron chi connectivity index (χ0n) is 9.09. The molecule has 1 heterocycles. The maximum Gasteiger partial charge on any atom is 0.311 e. The summed E-state index contributed by atoms with van der Waals surface area (Å²) in [6.45, 7) is 0. The van der Waals surface area contributed by atoms with Crippen LogP contribution in [0.25, 0.3) is 0 Å². The topological polar surface area (TPSA) is 61.3 Å². The van der Waals surface area contributed by atoms with Crippen LogP contribution in [0.3, 0.4) is 0 Å². The van der Waals surface area contributed by atoms with E-state index in [0.29, 0.717) is 11.6 Å². The molecular formula is C12H14N2O2. The van der Waals surface area contributed by atoms with Crippen molar-refractivity contribution in [2.24, 2.45) is 5.73 Å². The van der Waals surface area contributed by atoms with E-state index in [0.717, 1.165) is 6.42 Å². The van der Waals surface area contributed by atoms with Crippen molar-refractivity contribution < 1.29 is 9.26 Å². The van der Waals surface area contributed by atoms with E-state index >= 15 is 0 Å². The van der Waals surface area contributed by atoms with Crippen molar-refractivity contribution in [3.8, 4) is 5.95 Å². The Labute approximate surface area is 94.0 Å². The van der Waals surface area contributed by atoms with Crippen LogP contribution < -0.4 is 10.5 Å². The Hall–Kier alpha value is -1.81. The second-order valence-corrected chi connectivity index (χ2v) is 3.57. The Morgan fingerprint density at radius 1 is 1.38 bits per heavy atom. The molecule has 0 bridgehead atoms. The molecule has 0 fully saturated rings. The highest BCUT2D eigenvalue weighted by atomic mass is 16.6. The molecule has 0 radical (unpaired) electrons.